The zero-order valence-corrected chi connectivity index (χ0v) is 12.5. The predicted octanol–water partition coefficient (Wildman–Crippen LogP) is 1.56. The summed E-state index contributed by atoms with van der Waals surface area (Å²) in [6, 6.07) is 2.30. The number of phenolic OH excluding ortho intramolecular Hbond substituents is 1. The number of carbonyl (C=O) groups excluding carboxylic acids is 1. The number of methoxy groups -OCH3 is 1. The number of unbranched alkanes of at least 4 members (excludes halogenated alkanes) is 3. The molecule has 0 aliphatic heterocycles. The molecule has 0 fully saturated rings. The Morgan fingerprint density at radius 2 is 2.05 bits per heavy atom. The summed E-state index contributed by atoms with van der Waals surface area (Å²) in [6.45, 7) is 1.13. The van der Waals surface area contributed by atoms with Gasteiger partial charge in [0.05, 0.1) is 17.6 Å². The molecule has 1 aromatic carbocycles. The molecule has 0 saturated carbocycles. The summed E-state index contributed by atoms with van der Waals surface area (Å²) in [6.07, 6.45) is 3.72. The van der Waals surface area contributed by atoms with Gasteiger partial charge in [-0.25, -0.2) is 0 Å². The van der Waals surface area contributed by atoms with Crippen LogP contribution in [0.3, 0.4) is 0 Å². The second-order valence-electron chi connectivity index (χ2n) is 4.76. The molecule has 22 heavy (non-hydrogen) atoms. The van der Waals surface area contributed by atoms with E-state index in [4.69, 9.17) is 10.5 Å². The van der Waals surface area contributed by atoms with Crippen LogP contribution in [0.15, 0.2) is 12.1 Å². The lowest BCUT2D eigenvalue weighted by Crippen LogP contribution is -2.24. The first-order valence-corrected chi connectivity index (χ1v) is 7.05. The first-order valence-electron chi connectivity index (χ1n) is 7.05. The van der Waals surface area contributed by atoms with Gasteiger partial charge < -0.3 is 20.9 Å². The van der Waals surface area contributed by atoms with Crippen molar-refractivity contribution in [1.82, 2.24) is 5.32 Å². The molecule has 0 aliphatic rings. The predicted molar refractivity (Wildman–Crippen MR) is 81.2 cm³/mol. The van der Waals surface area contributed by atoms with E-state index < -0.39 is 22.3 Å². The van der Waals surface area contributed by atoms with Gasteiger partial charge >= 0.3 is 5.69 Å². The fourth-order valence-electron chi connectivity index (χ4n) is 1.95. The third kappa shape index (κ3) is 4.88. The smallest absolute Gasteiger partial charge is 0.315 e. The standard InChI is InChI=1S/C14H21N3O5/c1-22-12-9-10(8-11(13(12)18)17(20)21)14(19)16-7-5-3-2-4-6-15/h8-9,18H,2-7,15H2,1H3,(H,16,19). The molecule has 0 heterocycles. The summed E-state index contributed by atoms with van der Waals surface area (Å²) >= 11 is 0. The largest absolute Gasteiger partial charge is 0.500 e. The summed E-state index contributed by atoms with van der Waals surface area (Å²) in [5, 5.41) is 23.2. The number of nitro benzene ring substituents is 1. The van der Waals surface area contributed by atoms with Crippen LogP contribution in [-0.4, -0.2) is 36.1 Å². The van der Waals surface area contributed by atoms with Crippen molar-refractivity contribution in [1.29, 1.82) is 0 Å². The minimum Gasteiger partial charge on any atom is -0.500 e. The van der Waals surface area contributed by atoms with Crippen LogP contribution in [0, 0.1) is 10.1 Å². The van der Waals surface area contributed by atoms with Crippen LogP contribution in [0.25, 0.3) is 0 Å². The number of nitrogens with two attached hydrogens (primary N) is 1. The molecule has 8 heteroatoms. The number of hydrogen-bond acceptors (Lipinski definition) is 6. The Bertz CT molecular complexity index is 533. The van der Waals surface area contributed by atoms with Crippen LogP contribution in [0.1, 0.15) is 36.0 Å². The van der Waals surface area contributed by atoms with Crippen molar-refractivity contribution in [2.45, 2.75) is 25.7 Å². The van der Waals surface area contributed by atoms with Crippen LogP contribution in [0.5, 0.6) is 11.5 Å². The maximum Gasteiger partial charge on any atom is 0.315 e. The number of nitro groups is 1. The normalized spacial score (nSPS) is 10.3. The molecule has 1 rings (SSSR count). The van der Waals surface area contributed by atoms with Crippen LogP contribution in [0.4, 0.5) is 5.69 Å². The SMILES string of the molecule is COc1cc(C(=O)NCCCCCCN)cc([N+](=O)[O-])c1O. The van der Waals surface area contributed by atoms with E-state index in [1.165, 1.54) is 13.2 Å². The lowest BCUT2D eigenvalue weighted by molar-refractivity contribution is -0.386. The number of hydrogen-bond donors (Lipinski definition) is 3. The summed E-state index contributed by atoms with van der Waals surface area (Å²) in [5.41, 5.74) is 4.90. The number of nitrogens with one attached hydrogen (secondary N) is 1. The van der Waals surface area contributed by atoms with Gasteiger partial charge in [-0.05, 0) is 25.5 Å². The second kappa shape index (κ2) is 8.83. The van der Waals surface area contributed by atoms with E-state index in [0.717, 1.165) is 31.7 Å². The number of amides is 1. The molecule has 0 unspecified atom stereocenters. The average molecular weight is 311 g/mol. The van der Waals surface area contributed by atoms with Crippen molar-refractivity contribution in [2.24, 2.45) is 5.73 Å². The fraction of sp³-hybridized carbons (Fsp3) is 0.500. The first-order chi connectivity index (χ1) is 10.5. The molecule has 0 aliphatic carbocycles. The summed E-state index contributed by atoms with van der Waals surface area (Å²) in [7, 11) is 1.26. The van der Waals surface area contributed by atoms with Crippen molar-refractivity contribution < 1.29 is 19.6 Å². The van der Waals surface area contributed by atoms with Crippen LogP contribution >= 0.6 is 0 Å². The molecule has 122 valence electrons. The number of carbonyl (C=O) groups is 1. The van der Waals surface area contributed by atoms with Crippen molar-refractivity contribution in [3.63, 3.8) is 0 Å². The first kappa shape index (κ1) is 17.7. The molecular formula is C14H21N3O5. The minimum atomic E-state index is -0.762. The highest BCUT2D eigenvalue weighted by Gasteiger charge is 2.22. The van der Waals surface area contributed by atoms with Crippen LogP contribution < -0.4 is 15.8 Å². The van der Waals surface area contributed by atoms with E-state index >= 15 is 0 Å². The highest BCUT2D eigenvalue weighted by molar-refractivity contribution is 5.95. The zero-order chi connectivity index (χ0) is 16.5. The van der Waals surface area contributed by atoms with Gasteiger partial charge in [0.15, 0.2) is 5.75 Å². The van der Waals surface area contributed by atoms with E-state index in [9.17, 15) is 20.0 Å². The Labute approximate surface area is 128 Å². The summed E-state index contributed by atoms with van der Waals surface area (Å²) < 4.78 is 4.85. The summed E-state index contributed by atoms with van der Waals surface area (Å²) in [4.78, 5) is 22.1. The third-order valence-corrected chi connectivity index (χ3v) is 3.15. The van der Waals surface area contributed by atoms with Gasteiger partial charge in [0, 0.05) is 12.6 Å². The number of ether oxygens (including phenoxy) is 1. The fourth-order valence-corrected chi connectivity index (χ4v) is 1.95. The molecule has 8 nitrogen and oxygen atoms in total. The minimum absolute atomic E-state index is 0.0725. The topological polar surface area (TPSA) is 128 Å². The van der Waals surface area contributed by atoms with Crippen molar-refractivity contribution in [2.75, 3.05) is 20.2 Å². The van der Waals surface area contributed by atoms with Gasteiger partial charge in [0.2, 0.25) is 5.75 Å². The Morgan fingerprint density at radius 3 is 2.64 bits per heavy atom. The Hall–Kier alpha value is -2.35. The lowest BCUT2D eigenvalue weighted by atomic mass is 10.1. The molecule has 0 atom stereocenters. The van der Waals surface area contributed by atoms with Gasteiger partial charge in [-0.1, -0.05) is 12.8 Å². The number of aromatic hydroxyl groups is 1. The Morgan fingerprint density at radius 1 is 1.36 bits per heavy atom. The Balaban J connectivity index is 2.69. The molecule has 0 radical (unpaired) electrons. The molecule has 0 spiro atoms. The van der Waals surface area contributed by atoms with E-state index in [-0.39, 0.29) is 11.3 Å². The molecule has 0 bridgehead atoms. The lowest BCUT2D eigenvalue weighted by Gasteiger charge is -2.08. The van der Waals surface area contributed by atoms with Crippen molar-refractivity contribution in [3.05, 3.63) is 27.8 Å². The number of phenols is 1. The van der Waals surface area contributed by atoms with Gasteiger partial charge in [-0.3, -0.25) is 14.9 Å². The third-order valence-electron chi connectivity index (χ3n) is 3.15. The highest BCUT2D eigenvalue weighted by Crippen LogP contribution is 2.36. The van der Waals surface area contributed by atoms with Crippen LogP contribution in [0.2, 0.25) is 0 Å². The molecule has 0 aromatic heterocycles. The summed E-state index contributed by atoms with van der Waals surface area (Å²) in [5.74, 6) is -1.15. The molecular weight excluding hydrogens is 290 g/mol. The number of rotatable bonds is 9. The molecule has 1 aromatic rings. The quantitative estimate of drug-likeness (QED) is 0.361. The molecule has 1 amide bonds. The maximum atomic E-state index is 12.0. The molecule has 4 N–H and O–H groups in total. The van der Waals surface area contributed by atoms with Crippen LogP contribution in [-0.2, 0) is 0 Å². The number of benzene rings is 1. The van der Waals surface area contributed by atoms with Crippen molar-refractivity contribution >= 4 is 11.6 Å². The molecule has 0 saturated heterocycles. The van der Waals surface area contributed by atoms with E-state index in [1.54, 1.807) is 0 Å². The zero-order valence-electron chi connectivity index (χ0n) is 12.5. The van der Waals surface area contributed by atoms with E-state index in [2.05, 4.69) is 5.32 Å². The second-order valence-corrected chi connectivity index (χ2v) is 4.76. The van der Waals surface area contributed by atoms with Gasteiger partial charge in [0.25, 0.3) is 5.91 Å². The maximum absolute atomic E-state index is 12.0. The van der Waals surface area contributed by atoms with Gasteiger partial charge in [-0.15, -0.1) is 0 Å². The van der Waals surface area contributed by atoms with Crippen molar-refractivity contribution in [3.8, 4) is 11.5 Å². The van der Waals surface area contributed by atoms with Gasteiger partial charge in [0.1, 0.15) is 0 Å². The highest BCUT2D eigenvalue weighted by atomic mass is 16.6. The average Bonchev–Trinajstić information content (AvgIpc) is 2.50. The van der Waals surface area contributed by atoms with Gasteiger partial charge in [-0.2, -0.15) is 0 Å². The Kier molecular flexibility index (Phi) is 7.11. The van der Waals surface area contributed by atoms with E-state index in [1.807, 2.05) is 0 Å². The monoisotopic (exact) mass is 311 g/mol. The number of nitrogens with zero attached hydrogens (tertiary/aromatic N) is 1. The van der Waals surface area contributed by atoms with E-state index in [0.29, 0.717) is 13.1 Å².